The third kappa shape index (κ3) is 3.30. The third-order valence-electron chi connectivity index (χ3n) is 6.14. The zero-order valence-electron chi connectivity index (χ0n) is 17.1. The summed E-state index contributed by atoms with van der Waals surface area (Å²) < 4.78 is 36.6. The number of anilines is 1. The number of halogens is 2. The third-order valence-corrected chi connectivity index (χ3v) is 6.14. The number of alkyl halides is 1. The lowest BCUT2D eigenvalue weighted by atomic mass is 10.0. The Labute approximate surface area is 168 Å². The Morgan fingerprint density at radius 3 is 2.62 bits per heavy atom. The maximum absolute atomic E-state index is 15.2. The molecule has 156 valence electrons. The van der Waals surface area contributed by atoms with Gasteiger partial charge in [0.05, 0.1) is 24.4 Å². The van der Waals surface area contributed by atoms with Crippen LogP contribution >= 0.6 is 0 Å². The number of hydrogen-bond acceptors (Lipinski definition) is 4. The topological polar surface area (TPSA) is 51.5 Å². The minimum Gasteiger partial charge on any atom is -0.462 e. The van der Waals surface area contributed by atoms with Crippen LogP contribution in [0.15, 0.2) is 16.9 Å². The number of esters is 1. The molecule has 7 heteroatoms. The number of hydrogen-bond donors (Lipinski definition) is 0. The maximum Gasteiger partial charge on any atom is 0.343 e. The van der Waals surface area contributed by atoms with Crippen molar-refractivity contribution in [2.45, 2.75) is 58.2 Å². The van der Waals surface area contributed by atoms with Crippen molar-refractivity contribution in [2.75, 3.05) is 24.6 Å². The minimum atomic E-state index is -1.32. The van der Waals surface area contributed by atoms with E-state index in [-0.39, 0.29) is 24.8 Å². The molecule has 2 heterocycles. The molecule has 0 N–H and O–H groups in total. The summed E-state index contributed by atoms with van der Waals surface area (Å²) in [6.45, 7) is 5.97. The summed E-state index contributed by atoms with van der Waals surface area (Å²) >= 11 is 0. The number of nitrogens with zero attached hydrogens (tertiary/aromatic N) is 2. The van der Waals surface area contributed by atoms with Crippen LogP contribution in [0.3, 0.4) is 0 Å². The normalized spacial score (nSPS) is 21.8. The van der Waals surface area contributed by atoms with Crippen molar-refractivity contribution < 1.29 is 18.3 Å². The number of aryl methyl sites for hydroxylation is 1. The second kappa shape index (κ2) is 7.11. The van der Waals surface area contributed by atoms with Crippen LogP contribution in [0.25, 0.3) is 10.9 Å². The number of ether oxygens (including phenoxy) is 1. The highest BCUT2D eigenvalue weighted by atomic mass is 19.1. The monoisotopic (exact) mass is 404 g/mol. The van der Waals surface area contributed by atoms with Gasteiger partial charge in [-0.05, 0) is 50.8 Å². The Balaban J connectivity index is 1.92. The Bertz CT molecular complexity index is 1040. The largest absolute Gasteiger partial charge is 0.462 e. The molecule has 5 nitrogen and oxygen atoms in total. The van der Waals surface area contributed by atoms with E-state index in [1.54, 1.807) is 30.2 Å². The van der Waals surface area contributed by atoms with Gasteiger partial charge in [0.1, 0.15) is 17.0 Å². The van der Waals surface area contributed by atoms with E-state index >= 15 is 4.39 Å². The zero-order valence-corrected chi connectivity index (χ0v) is 17.1. The molecule has 1 aliphatic carbocycles. The van der Waals surface area contributed by atoms with Crippen molar-refractivity contribution in [3.05, 3.63) is 39.4 Å². The summed E-state index contributed by atoms with van der Waals surface area (Å²) in [6, 6.07) is 2.76. The van der Waals surface area contributed by atoms with Crippen LogP contribution in [-0.2, 0) is 4.74 Å². The summed E-state index contributed by atoms with van der Waals surface area (Å²) in [6.07, 6.45) is 2.41. The smallest absolute Gasteiger partial charge is 0.343 e. The summed E-state index contributed by atoms with van der Waals surface area (Å²) in [5, 5.41) is 0.486. The maximum atomic E-state index is 15.2. The van der Waals surface area contributed by atoms with E-state index in [2.05, 4.69) is 0 Å². The van der Waals surface area contributed by atoms with Crippen LogP contribution < -0.4 is 10.5 Å². The fourth-order valence-corrected chi connectivity index (χ4v) is 4.40. The fourth-order valence-electron chi connectivity index (χ4n) is 4.40. The predicted octanol–water partition coefficient (Wildman–Crippen LogP) is 4.29. The Hall–Kier alpha value is -2.44. The standard InChI is InChI=1S/C22H26F2N2O3/c1-4-22(24)8-9-25(12-22)19-13(3)18-14(11-17(19)23)10-16(21(28)29-5-2)20(27)26(18)15-6-7-15/h10-11,15H,4-9,12H2,1-3H3. The first-order valence-electron chi connectivity index (χ1n) is 10.3. The number of fused-ring (bicyclic) bond motifs is 1. The second-order valence-corrected chi connectivity index (χ2v) is 8.13. The van der Waals surface area contributed by atoms with Crippen molar-refractivity contribution in [3.8, 4) is 0 Å². The molecule has 1 aromatic heterocycles. The Kier molecular flexibility index (Phi) is 4.87. The first kappa shape index (κ1) is 19.9. The molecule has 2 aliphatic rings. The molecule has 2 aromatic rings. The average molecular weight is 404 g/mol. The van der Waals surface area contributed by atoms with Crippen LogP contribution in [0.1, 0.15) is 61.5 Å². The number of rotatable bonds is 5. The molecule has 1 aliphatic heterocycles. The average Bonchev–Trinajstić information content (AvgIpc) is 3.44. The minimum absolute atomic E-state index is 0.00845. The first-order valence-corrected chi connectivity index (χ1v) is 10.3. The lowest BCUT2D eigenvalue weighted by Gasteiger charge is -2.25. The lowest BCUT2D eigenvalue weighted by molar-refractivity contribution is 0.0524. The van der Waals surface area contributed by atoms with Crippen LogP contribution in [0.2, 0.25) is 0 Å². The molecule has 1 saturated carbocycles. The highest BCUT2D eigenvalue weighted by Gasteiger charge is 2.39. The molecule has 29 heavy (non-hydrogen) atoms. The zero-order chi connectivity index (χ0) is 20.9. The van der Waals surface area contributed by atoms with Crippen molar-refractivity contribution >= 4 is 22.6 Å². The molecule has 2 fully saturated rings. The molecule has 0 radical (unpaired) electrons. The van der Waals surface area contributed by atoms with E-state index in [9.17, 15) is 14.0 Å². The molecule has 1 aromatic carbocycles. The number of aromatic nitrogens is 1. The van der Waals surface area contributed by atoms with Crippen LogP contribution in [0.5, 0.6) is 0 Å². The number of carbonyl (C=O) groups excluding carboxylic acids is 1. The van der Waals surface area contributed by atoms with Gasteiger partial charge in [0.2, 0.25) is 0 Å². The Morgan fingerprint density at radius 1 is 1.31 bits per heavy atom. The van der Waals surface area contributed by atoms with Crippen molar-refractivity contribution in [1.82, 2.24) is 4.57 Å². The van der Waals surface area contributed by atoms with E-state index in [4.69, 9.17) is 4.74 Å². The van der Waals surface area contributed by atoms with Crippen LogP contribution in [0, 0.1) is 12.7 Å². The van der Waals surface area contributed by atoms with Crippen LogP contribution in [0.4, 0.5) is 14.5 Å². The molecule has 0 bridgehead atoms. The van der Waals surface area contributed by atoms with E-state index in [1.165, 1.54) is 12.1 Å². The first-order chi connectivity index (χ1) is 13.8. The highest BCUT2D eigenvalue weighted by Crippen LogP contribution is 2.41. The van der Waals surface area contributed by atoms with Crippen molar-refractivity contribution in [3.63, 3.8) is 0 Å². The van der Waals surface area contributed by atoms with Gasteiger partial charge in [-0.1, -0.05) is 6.92 Å². The van der Waals surface area contributed by atoms with E-state index in [0.29, 0.717) is 41.5 Å². The van der Waals surface area contributed by atoms with E-state index in [0.717, 1.165) is 12.8 Å². The second-order valence-electron chi connectivity index (χ2n) is 8.13. The quantitative estimate of drug-likeness (QED) is 0.698. The molecule has 1 atom stereocenters. The molecule has 1 unspecified atom stereocenters. The summed E-state index contributed by atoms with van der Waals surface area (Å²) in [5.74, 6) is -1.16. The predicted molar refractivity (Wildman–Crippen MR) is 108 cm³/mol. The molecule has 0 amide bonds. The van der Waals surface area contributed by atoms with Gasteiger partial charge in [-0.2, -0.15) is 0 Å². The number of benzene rings is 1. The Morgan fingerprint density at radius 2 is 2.03 bits per heavy atom. The fraction of sp³-hybridized carbons (Fsp3) is 0.545. The number of pyridine rings is 1. The van der Waals surface area contributed by atoms with Crippen molar-refractivity contribution in [2.24, 2.45) is 0 Å². The number of carbonyl (C=O) groups is 1. The van der Waals surface area contributed by atoms with Gasteiger partial charge in [-0.3, -0.25) is 4.79 Å². The molecule has 0 spiro atoms. The summed E-state index contributed by atoms with van der Waals surface area (Å²) in [5.41, 5.74) is -0.225. The van der Waals surface area contributed by atoms with Gasteiger partial charge in [-0.25, -0.2) is 13.6 Å². The lowest BCUT2D eigenvalue weighted by Crippen LogP contribution is -2.30. The molecule has 4 rings (SSSR count). The van der Waals surface area contributed by atoms with Gasteiger partial charge in [-0.15, -0.1) is 0 Å². The van der Waals surface area contributed by atoms with Gasteiger partial charge >= 0.3 is 5.97 Å². The van der Waals surface area contributed by atoms with E-state index < -0.39 is 23.0 Å². The summed E-state index contributed by atoms with van der Waals surface area (Å²) in [4.78, 5) is 27.1. The van der Waals surface area contributed by atoms with Gasteiger partial charge in [0.15, 0.2) is 0 Å². The van der Waals surface area contributed by atoms with Gasteiger partial charge in [0.25, 0.3) is 5.56 Å². The van der Waals surface area contributed by atoms with E-state index in [1.807, 2.05) is 0 Å². The summed E-state index contributed by atoms with van der Waals surface area (Å²) in [7, 11) is 0. The van der Waals surface area contributed by atoms with Crippen LogP contribution in [-0.4, -0.2) is 35.9 Å². The van der Waals surface area contributed by atoms with Crippen molar-refractivity contribution in [1.29, 1.82) is 0 Å². The highest BCUT2D eigenvalue weighted by molar-refractivity contribution is 5.96. The molecule has 1 saturated heterocycles. The SMILES string of the molecule is CCOC(=O)c1cc2cc(F)c(N3CCC(F)(CC)C3)c(C)c2n(C2CC2)c1=O. The van der Waals surface area contributed by atoms with Gasteiger partial charge < -0.3 is 14.2 Å². The van der Waals surface area contributed by atoms with Gasteiger partial charge in [0, 0.05) is 24.4 Å². The molecular weight excluding hydrogens is 378 g/mol. The molecular formula is C22H26F2N2O3.